The molecule has 1 rings (SSSR count). The number of amides is 1. The van der Waals surface area contributed by atoms with E-state index in [4.69, 9.17) is 4.74 Å². The number of rotatable bonds is 6. The highest BCUT2D eigenvalue weighted by molar-refractivity contribution is 5.78. The van der Waals surface area contributed by atoms with Gasteiger partial charge in [-0.25, -0.2) is 0 Å². The van der Waals surface area contributed by atoms with Crippen LogP contribution in [-0.2, 0) is 9.53 Å². The Morgan fingerprint density at radius 1 is 1.50 bits per heavy atom. The molecule has 0 aliphatic carbocycles. The molecule has 94 valence electrons. The standard InChI is InChI=1S/C12H24N2O2/c1-4-9(2)14-12(15)8-13-10(3)11-6-5-7-16-11/h9-11,13H,4-8H2,1-3H3,(H,14,15). The molecule has 1 aliphatic rings. The van der Waals surface area contributed by atoms with E-state index in [1.54, 1.807) is 0 Å². The molecule has 0 radical (unpaired) electrons. The fourth-order valence-corrected chi connectivity index (χ4v) is 1.81. The molecule has 1 heterocycles. The van der Waals surface area contributed by atoms with E-state index in [0.29, 0.717) is 6.54 Å². The SMILES string of the molecule is CCC(C)NC(=O)CNC(C)C1CCCO1. The maximum absolute atomic E-state index is 11.5. The highest BCUT2D eigenvalue weighted by atomic mass is 16.5. The quantitative estimate of drug-likeness (QED) is 0.714. The van der Waals surface area contributed by atoms with E-state index < -0.39 is 0 Å². The van der Waals surface area contributed by atoms with E-state index in [9.17, 15) is 4.79 Å². The van der Waals surface area contributed by atoms with E-state index >= 15 is 0 Å². The van der Waals surface area contributed by atoms with Gasteiger partial charge in [-0.05, 0) is 33.1 Å². The van der Waals surface area contributed by atoms with Gasteiger partial charge in [0.1, 0.15) is 0 Å². The van der Waals surface area contributed by atoms with Crippen molar-refractivity contribution in [1.82, 2.24) is 10.6 Å². The van der Waals surface area contributed by atoms with Crippen molar-refractivity contribution in [3.05, 3.63) is 0 Å². The summed E-state index contributed by atoms with van der Waals surface area (Å²) in [6.45, 7) is 7.39. The van der Waals surface area contributed by atoms with Gasteiger partial charge in [0.25, 0.3) is 0 Å². The normalized spacial score (nSPS) is 24.1. The van der Waals surface area contributed by atoms with Crippen LogP contribution in [0.15, 0.2) is 0 Å². The molecule has 0 aromatic carbocycles. The summed E-state index contributed by atoms with van der Waals surface area (Å²) < 4.78 is 5.56. The number of carbonyl (C=O) groups excluding carboxylic acids is 1. The molecule has 4 heteroatoms. The fourth-order valence-electron chi connectivity index (χ4n) is 1.81. The third kappa shape index (κ3) is 4.49. The lowest BCUT2D eigenvalue weighted by Gasteiger charge is -2.20. The van der Waals surface area contributed by atoms with Crippen molar-refractivity contribution < 1.29 is 9.53 Å². The second kappa shape index (κ2) is 6.86. The van der Waals surface area contributed by atoms with E-state index in [-0.39, 0.29) is 24.1 Å². The molecular formula is C12H24N2O2. The minimum Gasteiger partial charge on any atom is -0.377 e. The first-order chi connectivity index (χ1) is 7.63. The monoisotopic (exact) mass is 228 g/mol. The molecule has 16 heavy (non-hydrogen) atoms. The van der Waals surface area contributed by atoms with Gasteiger partial charge < -0.3 is 15.4 Å². The summed E-state index contributed by atoms with van der Waals surface area (Å²) in [7, 11) is 0. The second-order valence-corrected chi connectivity index (χ2v) is 4.60. The Kier molecular flexibility index (Phi) is 5.77. The van der Waals surface area contributed by atoms with Crippen LogP contribution >= 0.6 is 0 Å². The lowest BCUT2D eigenvalue weighted by molar-refractivity contribution is -0.121. The second-order valence-electron chi connectivity index (χ2n) is 4.60. The predicted octanol–water partition coefficient (Wildman–Crippen LogP) is 1.06. The number of nitrogens with one attached hydrogen (secondary N) is 2. The van der Waals surface area contributed by atoms with Gasteiger partial charge in [0.05, 0.1) is 12.6 Å². The Morgan fingerprint density at radius 3 is 2.81 bits per heavy atom. The molecule has 3 atom stereocenters. The Bertz CT molecular complexity index is 215. The van der Waals surface area contributed by atoms with Crippen molar-refractivity contribution >= 4 is 5.91 Å². The molecule has 2 N–H and O–H groups in total. The van der Waals surface area contributed by atoms with Crippen molar-refractivity contribution in [3.63, 3.8) is 0 Å². The Labute approximate surface area is 98.1 Å². The zero-order valence-electron chi connectivity index (χ0n) is 10.6. The molecule has 0 saturated carbocycles. The molecule has 1 saturated heterocycles. The molecular weight excluding hydrogens is 204 g/mol. The lowest BCUT2D eigenvalue weighted by atomic mass is 10.1. The Morgan fingerprint density at radius 2 is 2.25 bits per heavy atom. The van der Waals surface area contributed by atoms with Crippen LogP contribution in [0.25, 0.3) is 0 Å². The van der Waals surface area contributed by atoms with Crippen LogP contribution in [0.2, 0.25) is 0 Å². The first-order valence-electron chi connectivity index (χ1n) is 6.27. The van der Waals surface area contributed by atoms with Gasteiger partial charge in [-0.1, -0.05) is 6.92 Å². The summed E-state index contributed by atoms with van der Waals surface area (Å²) in [4.78, 5) is 11.5. The summed E-state index contributed by atoms with van der Waals surface area (Å²) in [6, 6.07) is 0.512. The van der Waals surface area contributed by atoms with Crippen molar-refractivity contribution in [1.29, 1.82) is 0 Å². The molecule has 1 aliphatic heterocycles. The molecule has 0 bridgehead atoms. The highest BCUT2D eigenvalue weighted by Gasteiger charge is 2.22. The molecule has 0 spiro atoms. The van der Waals surface area contributed by atoms with E-state index in [1.165, 1.54) is 0 Å². The maximum atomic E-state index is 11.5. The Balaban J connectivity index is 2.15. The number of hydrogen-bond donors (Lipinski definition) is 2. The van der Waals surface area contributed by atoms with Gasteiger partial charge in [0.2, 0.25) is 5.91 Å². The van der Waals surface area contributed by atoms with Gasteiger partial charge in [-0.2, -0.15) is 0 Å². The predicted molar refractivity (Wildman–Crippen MR) is 64.3 cm³/mol. The van der Waals surface area contributed by atoms with Crippen molar-refractivity contribution in [2.75, 3.05) is 13.2 Å². The van der Waals surface area contributed by atoms with Crippen LogP contribution in [0.4, 0.5) is 0 Å². The first kappa shape index (κ1) is 13.5. The summed E-state index contributed by atoms with van der Waals surface area (Å²) in [5.41, 5.74) is 0. The smallest absolute Gasteiger partial charge is 0.234 e. The zero-order chi connectivity index (χ0) is 12.0. The van der Waals surface area contributed by atoms with E-state index in [0.717, 1.165) is 25.9 Å². The number of ether oxygens (including phenoxy) is 1. The van der Waals surface area contributed by atoms with E-state index in [1.807, 2.05) is 6.92 Å². The number of hydrogen-bond acceptors (Lipinski definition) is 3. The minimum absolute atomic E-state index is 0.0687. The summed E-state index contributed by atoms with van der Waals surface area (Å²) in [5, 5.41) is 6.15. The topological polar surface area (TPSA) is 50.4 Å². The minimum atomic E-state index is 0.0687. The molecule has 0 aromatic rings. The third-order valence-electron chi connectivity index (χ3n) is 3.13. The van der Waals surface area contributed by atoms with Gasteiger partial charge >= 0.3 is 0 Å². The lowest BCUT2D eigenvalue weighted by Crippen LogP contribution is -2.44. The summed E-state index contributed by atoms with van der Waals surface area (Å²) in [5.74, 6) is 0.0687. The first-order valence-corrected chi connectivity index (χ1v) is 6.27. The van der Waals surface area contributed by atoms with Crippen LogP contribution < -0.4 is 10.6 Å². The average molecular weight is 228 g/mol. The number of carbonyl (C=O) groups is 1. The third-order valence-corrected chi connectivity index (χ3v) is 3.13. The van der Waals surface area contributed by atoms with Crippen molar-refractivity contribution in [2.24, 2.45) is 0 Å². The molecule has 1 fully saturated rings. The van der Waals surface area contributed by atoms with Gasteiger partial charge in [0, 0.05) is 18.7 Å². The van der Waals surface area contributed by atoms with E-state index in [2.05, 4.69) is 24.5 Å². The van der Waals surface area contributed by atoms with Gasteiger partial charge in [0.15, 0.2) is 0 Å². The van der Waals surface area contributed by atoms with Crippen molar-refractivity contribution in [3.8, 4) is 0 Å². The van der Waals surface area contributed by atoms with Crippen LogP contribution in [0.3, 0.4) is 0 Å². The fraction of sp³-hybridized carbons (Fsp3) is 0.917. The van der Waals surface area contributed by atoms with Gasteiger partial charge in [-0.15, -0.1) is 0 Å². The van der Waals surface area contributed by atoms with Crippen LogP contribution in [0.1, 0.15) is 40.0 Å². The Hall–Kier alpha value is -0.610. The summed E-state index contributed by atoms with van der Waals surface area (Å²) >= 11 is 0. The molecule has 4 nitrogen and oxygen atoms in total. The largest absolute Gasteiger partial charge is 0.377 e. The maximum Gasteiger partial charge on any atom is 0.234 e. The van der Waals surface area contributed by atoms with Crippen LogP contribution in [0, 0.1) is 0 Å². The molecule has 1 amide bonds. The van der Waals surface area contributed by atoms with Gasteiger partial charge in [-0.3, -0.25) is 4.79 Å². The van der Waals surface area contributed by atoms with Crippen LogP contribution in [-0.4, -0.2) is 37.2 Å². The molecule has 3 unspecified atom stereocenters. The summed E-state index contributed by atoms with van der Waals surface area (Å²) in [6.07, 6.45) is 3.47. The molecule has 0 aromatic heterocycles. The van der Waals surface area contributed by atoms with Crippen molar-refractivity contribution in [2.45, 2.75) is 58.2 Å². The highest BCUT2D eigenvalue weighted by Crippen LogP contribution is 2.14. The average Bonchev–Trinajstić information content (AvgIpc) is 2.79. The zero-order valence-corrected chi connectivity index (χ0v) is 10.6. The van der Waals surface area contributed by atoms with Crippen LogP contribution in [0.5, 0.6) is 0 Å².